The van der Waals surface area contributed by atoms with Crippen LogP contribution in [0.1, 0.15) is 19.3 Å². The third kappa shape index (κ3) is 5.48. The van der Waals surface area contributed by atoms with E-state index in [-0.39, 0.29) is 17.3 Å². The highest BCUT2D eigenvalue weighted by Gasteiger charge is 2.27. The maximum atomic E-state index is 13.2. The van der Waals surface area contributed by atoms with Gasteiger partial charge in [0.1, 0.15) is 0 Å². The van der Waals surface area contributed by atoms with E-state index < -0.39 is 10.0 Å². The molecule has 2 aliphatic rings. The van der Waals surface area contributed by atoms with Crippen LogP contribution in [0.4, 0.5) is 17.1 Å². The third-order valence-corrected chi connectivity index (χ3v) is 8.11. The second-order valence-electron chi connectivity index (χ2n) is 8.38. The Kier molecular flexibility index (Phi) is 7.52. The van der Waals surface area contributed by atoms with Gasteiger partial charge in [-0.15, -0.1) is 0 Å². The van der Waals surface area contributed by atoms with Gasteiger partial charge in [0, 0.05) is 38.9 Å². The minimum Gasteiger partial charge on any atom is -0.378 e. The second kappa shape index (κ2) is 10.5. The van der Waals surface area contributed by atoms with Crippen LogP contribution in [-0.4, -0.2) is 71.6 Å². The van der Waals surface area contributed by atoms with Gasteiger partial charge in [0.15, 0.2) is 0 Å². The molecule has 8 nitrogen and oxygen atoms in total. The summed E-state index contributed by atoms with van der Waals surface area (Å²) in [6.07, 6.45) is 2.83. The molecule has 0 bridgehead atoms. The molecule has 2 aromatic rings. The van der Waals surface area contributed by atoms with Crippen LogP contribution in [0.5, 0.6) is 0 Å². The lowest BCUT2D eigenvalue weighted by atomic mass is 10.2. The minimum atomic E-state index is -3.58. The Bertz CT molecular complexity index is 1050. The maximum absolute atomic E-state index is 13.2. The number of piperidine rings is 1. The summed E-state index contributed by atoms with van der Waals surface area (Å²) < 4.78 is 33.5. The molecule has 33 heavy (non-hydrogen) atoms. The normalized spacial score (nSPS) is 17.5. The highest BCUT2D eigenvalue weighted by atomic mass is 32.2. The zero-order valence-corrected chi connectivity index (χ0v) is 19.9. The fourth-order valence-electron chi connectivity index (χ4n) is 4.24. The first-order chi connectivity index (χ1) is 16.0. The largest absolute Gasteiger partial charge is 0.378 e. The molecule has 2 saturated heterocycles. The average molecular weight is 473 g/mol. The van der Waals surface area contributed by atoms with Crippen LogP contribution in [0, 0.1) is 0 Å². The van der Waals surface area contributed by atoms with E-state index in [1.54, 1.807) is 28.4 Å². The number of hydrogen-bond donors (Lipinski definition) is 1. The van der Waals surface area contributed by atoms with E-state index in [2.05, 4.69) is 10.2 Å². The number of nitrogens with one attached hydrogen (secondary N) is 1. The summed E-state index contributed by atoms with van der Waals surface area (Å²) in [5, 5.41) is 3.22. The van der Waals surface area contributed by atoms with Crippen molar-refractivity contribution in [2.75, 3.05) is 68.1 Å². The quantitative estimate of drug-likeness (QED) is 0.667. The Morgan fingerprint density at radius 3 is 2.39 bits per heavy atom. The van der Waals surface area contributed by atoms with Gasteiger partial charge in [0.05, 0.1) is 36.0 Å². The molecule has 2 aliphatic heterocycles. The van der Waals surface area contributed by atoms with Crippen LogP contribution >= 0.6 is 0 Å². The zero-order valence-electron chi connectivity index (χ0n) is 19.1. The number of anilines is 3. The molecular weight excluding hydrogens is 440 g/mol. The van der Waals surface area contributed by atoms with E-state index in [1.807, 2.05) is 36.4 Å². The molecule has 0 aromatic heterocycles. The summed E-state index contributed by atoms with van der Waals surface area (Å²) in [6.45, 7) is 3.81. The van der Waals surface area contributed by atoms with E-state index in [1.165, 1.54) is 0 Å². The van der Waals surface area contributed by atoms with Crippen LogP contribution in [0.25, 0.3) is 0 Å². The molecule has 1 amide bonds. The molecule has 178 valence electrons. The molecule has 2 fully saturated rings. The van der Waals surface area contributed by atoms with Crippen molar-refractivity contribution in [3.05, 3.63) is 48.5 Å². The topological polar surface area (TPSA) is 82.2 Å². The molecule has 2 aromatic carbocycles. The highest BCUT2D eigenvalue weighted by molar-refractivity contribution is 7.89. The maximum Gasteiger partial charge on any atom is 0.246 e. The van der Waals surface area contributed by atoms with Crippen molar-refractivity contribution in [2.45, 2.75) is 24.2 Å². The van der Waals surface area contributed by atoms with Gasteiger partial charge in [-0.25, -0.2) is 8.42 Å². The van der Waals surface area contributed by atoms with Gasteiger partial charge >= 0.3 is 0 Å². The number of benzene rings is 2. The fraction of sp³-hybridized carbons (Fsp3) is 0.458. The molecule has 9 heteroatoms. The highest BCUT2D eigenvalue weighted by Crippen LogP contribution is 2.31. The Hall–Kier alpha value is -2.62. The predicted octanol–water partition coefficient (Wildman–Crippen LogP) is 2.77. The molecule has 0 unspecified atom stereocenters. The number of rotatable bonds is 7. The van der Waals surface area contributed by atoms with E-state index in [0.717, 1.165) is 30.6 Å². The van der Waals surface area contributed by atoms with Gasteiger partial charge in [0.25, 0.3) is 0 Å². The van der Waals surface area contributed by atoms with E-state index in [9.17, 15) is 13.2 Å². The summed E-state index contributed by atoms with van der Waals surface area (Å²) >= 11 is 0. The van der Waals surface area contributed by atoms with Crippen molar-refractivity contribution in [2.24, 2.45) is 0 Å². The third-order valence-electron chi connectivity index (χ3n) is 6.22. The summed E-state index contributed by atoms with van der Waals surface area (Å²) in [6, 6.07) is 14.6. The number of carbonyl (C=O) groups excluding carboxylic acids is 1. The first-order valence-corrected chi connectivity index (χ1v) is 12.9. The van der Waals surface area contributed by atoms with E-state index in [0.29, 0.717) is 45.1 Å². The van der Waals surface area contributed by atoms with Crippen LogP contribution in [-0.2, 0) is 19.6 Å². The number of likely N-dealkylation sites (N-methyl/N-ethyl adjacent to an activating group) is 1. The summed E-state index contributed by atoms with van der Waals surface area (Å²) in [5.74, 6) is -0.113. The first-order valence-electron chi connectivity index (χ1n) is 11.5. The number of carbonyl (C=O) groups is 1. The number of morpholine rings is 1. The van der Waals surface area contributed by atoms with E-state index in [4.69, 9.17) is 4.74 Å². The van der Waals surface area contributed by atoms with Crippen LogP contribution < -0.4 is 15.1 Å². The molecule has 0 spiro atoms. The van der Waals surface area contributed by atoms with Crippen LogP contribution in [0.2, 0.25) is 0 Å². The van der Waals surface area contributed by atoms with Crippen LogP contribution in [0.15, 0.2) is 53.4 Å². The number of ether oxygens (including phenoxy) is 1. The van der Waals surface area contributed by atoms with Crippen molar-refractivity contribution >= 4 is 33.0 Å². The van der Waals surface area contributed by atoms with E-state index >= 15 is 0 Å². The van der Waals surface area contributed by atoms with Gasteiger partial charge in [0.2, 0.25) is 15.9 Å². The van der Waals surface area contributed by atoms with Crippen LogP contribution in [0.3, 0.4) is 0 Å². The Morgan fingerprint density at radius 1 is 1.00 bits per heavy atom. The smallest absolute Gasteiger partial charge is 0.246 e. The SMILES string of the molecule is CN(C(=O)CNc1cc(S(=O)(=O)N2CCCCC2)ccc1N1CCOCC1)c1ccccc1. The molecular formula is C24H32N4O4S. The molecule has 0 saturated carbocycles. The van der Waals surface area contributed by atoms with Crippen molar-refractivity contribution in [3.63, 3.8) is 0 Å². The molecule has 0 aliphatic carbocycles. The van der Waals surface area contributed by atoms with Crippen molar-refractivity contribution in [1.29, 1.82) is 0 Å². The van der Waals surface area contributed by atoms with Gasteiger partial charge < -0.3 is 19.9 Å². The monoisotopic (exact) mass is 472 g/mol. The molecule has 2 heterocycles. The number of nitrogens with zero attached hydrogens (tertiary/aromatic N) is 3. The van der Waals surface area contributed by atoms with Crippen molar-refractivity contribution in [1.82, 2.24) is 4.31 Å². The Labute approximate surface area is 196 Å². The molecule has 0 atom stereocenters. The molecule has 4 rings (SSSR count). The Balaban J connectivity index is 1.57. The van der Waals surface area contributed by atoms with Gasteiger partial charge in [-0.05, 0) is 43.2 Å². The number of amides is 1. The second-order valence-corrected chi connectivity index (χ2v) is 10.3. The lowest BCUT2D eigenvalue weighted by Crippen LogP contribution is -2.38. The lowest BCUT2D eigenvalue weighted by molar-refractivity contribution is -0.116. The number of para-hydroxylation sites is 1. The van der Waals surface area contributed by atoms with Gasteiger partial charge in [-0.2, -0.15) is 4.31 Å². The van der Waals surface area contributed by atoms with Gasteiger partial charge in [-0.3, -0.25) is 4.79 Å². The summed E-state index contributed by atoms with van der Waals surface area (Å²) in [5.41, 5.74) is 2.33. The van der Waals surface area contributed by atoms with Crippen molar-refractivity contribution < 1.29 is 17.9 Å². The first kappa shape index (κ1) is 23.5. The number of hydrogen-bond acceptors (Lipinski definition) is 6. The molecule has 0 radical (unpaired) electrons. The van der Waals surface area contributed by atoms with Crippen molar-refractivity contribution in [3.8, 4) is 0 Å². The Morgan fingerprint density at radius 2 is 1.70 bits per heavy atom. The molecule has 1 N–H and O–H groups in total. The predicted molar refractivity (Wildman–Crippen MR) is 130 cm³/mol. The fourth-order valence-corrected chi connectivity index (χ4v) is 5.78. The zero-order chi connectivity index (χ0) is 23.3. The minimum absolute atomic E-state index is 0.0515. The summed E-state index contributed by atoms with van der Waals surface area (Å²) in [7, 11) is -1.84. The summed E-state index contributed by atoms with van der Waals surface area (Å²) in [4.78, 5) is 16.8. The number of sulfonamides is 1. The standard InChI is InChI=1S/C24H32N4O4S/c1-26(20-8-4-2-5-9-20)24(29)19-25-22-18-21(33(30,31)28-12-6-3-7-13-28)10-11-23(22)27-14-16-32-17-15-27/h2,4-5,8-11,18,25H,3,6-7,12-17,19H2,1H3. The van der Waals surface area contributed by atoms with Gasteiger partial charge in [-0.1, -0.05) is 24.6 Å². The average Bonchev–Trinajstić information content (AvgIpc) is 2.88. The lowest BCUT2D eigenvalue weighted by Gasteiger charge is -2.31.